The predicted molar refractivity (Wildman–Crippen MR) is 94.4 cm³/mol. The van der Waals surface area contributed by atoms with Crippen molar-refractivity contribution in [3.8, 4) is 5.75 Å². The highest BCUT2D eigenvalue weighted by Crippen LogP contribution is 2.27. The second kappa shape index (κ2) is 6.86. The summed E-state index contributed by atoms with van der Waals surface area (Å²) in [5.41, 5.74) is 1.26. The third-order valence-corrected chi connectivity index (χ3v) is 4.15. The summed E-state index contributed by atoms with van der Waals surface area (Å²) in [6, 6.07) is 11.6. The molecule has 0 bridgehead atoms. The van der Waals surface area contributed by atoms with Crippen LogP contribution >= 0.6 is 0 Å². The van der Waals surface area contributed by atoms with Crippen LogP contribution in [0.3, 0.4) is 0 Å². The largest absolute Gasteiger partial charge is 0.494 e. The first-order valence-electron chi connectivity index (χ1n) is 8.28. The summed E-state index contributed by atoms with van der Waals surface area (Å²) in [7, 11) is 0. The number of hydrogen-bond acceptors (Lipinski definition) is 3. The zero-order chi connectivity index (χ0) is 16.2. The van der Waals surface area contributed by atoms with E-state index in [9.17, 15) is 4.79 Å². The van der Waals surface area contributed by atoms with Gasteiger partial charge in [0, 0.05) is 11.5 Å². The van der Waals surface area contributed by atoms with E-state index in [2.05, 4.69) is 19.1 Å². The molecule has 1 heterocycles. The predicted octanol–water partition coefficient (Wildman–Crippen LogP) is 5.21. The highest BCUT2D eigenvalue weighted by molar-refractivity contribution is 5.97. The lowest BCUT2D eigenvalue weighted by Gasteiger charge is -2.08. The first kappa shape index (κ1) is 15.6. The maximum atomic E-state index is 11.5. The quantitative estimate of drug-likeness (QED) is 0.356. The Balaban J connectivity index is 1.87. The lowest BCUT2D eigenvalue weighted by molar-refractivity contribution is 0.305. The summed E-state index contributed by atoms with van der Waals surface area (Å²) in [4.78, 5) is 11.5. The minimum atomic E-state index is -0.308. The molecule has 0 unspecified atom stereocenters. The molecule has 23 heavy (non-hydrogen) atoms. The number of aryl methyl sites for hydroxylation is 1. The lowest BCUT2D eigenvalue weighted by atomic mass is 10.0. The van der Waals surface area contributed by atoms with E-state index in [0.29, 0.717) is 5.58 Å². The molecule has 0 radical (unpaired) electrons. The zero-order valence-electron chi connectivity index (χ0n) is 13.7. The van der Waals surface area contributed by atoms with Crippen LogP contribution in [0.25, 0.3) is 21.7 Å². The fourth-order valence-electron chi connectivity index (χ4n) is 2.85. The molecule has 1 aromatic heterocycles. The van der Waals surface area contributed by atoms with Gasteiger partial charge in [-0.15, -0.1) is 0 Å². The molecular weight excluding hydrogens is 288 g/mol. The summed E-state index contributed by atoms with van der Waals surface area (Å²) in [5.74, 6) is 0.864. The van der Waals surface area contributed by atoms with E-state index >= 15 is 0 Å². The minimum Gasteiger partial charge on any atom is -0.494 e. The van der Waals surface area contributed by atoms with Gasteiger partial charge in [0.15, 0.2) is 0 Å². The Bertz CT molecular complexity index is 877. The molecule has 2 aromatic carbocycles. The molecule has 0 aliphatic rings. The molecule has 3 nitrogen and oxygen atoms in total. The molecule has 120 valence electrons. The molecule has 3 aromatic rings. The molecule has 3 rings (SSSR count). The second-order valence-corrected chi connectivity index (χ2v) is 6.01. The van der Waals surface area contributed by atoms with Crippen LogP contribution in [-0.2, 0) is 0 Å². The van der Waals surface area contributed by atoms with Gasteiger partial charge in [0.25, 0.3) is 0 Å². The Hall–Kier alpha value is -2.29. The van der Waals surface area contributed by atoms with Gasteiger partial charge in [-0.2, -0.15) is 0 Å². The van der Waals surface area contributed by atoms with Crippen molar-refractivity contribution < 1.29 is 9.15 Å². The number of benzene rings is 2. The minimum absolute atomic E-state index is 0.308. The van der Waals surface area contributed by atoms with Gasteiger partial charge in [0.2, 0.25) is 0 Å². The molecule has 0 fully saturated rings. The van der Waals surface area contributed by atoms with E-state index in [0.717, 1.165) is 40.5 Å². The van der Waals surface area contributed by atoms with Crippen molar-refractivity contribution in [2.45, 2.75) is 39.5 Å². The zero-order valence-corrected chi connectivity index (χ0v) is 13.7. The van der Waals surface area contributed by atoms with Gasteiger partial charge >= 0.3 is 5.63 Å². The van der Waals surface area contributed by atoms with E-state index in [1.807, 2.05) is 25.1 Å². The third kappa shape index (κ3) is 3.55. The SMILES string of the molecule is CCCCCCOc1ccc2cc3c(C)cc(=O)oc3cc2c1. The molecular formula is C20H22O3. The van der Waals surface area contributed by atoms with Gasteiger partial charge in [-0.05, 0) is 53.9 Å². The van der Waals surface area contributed by atoms with Crippen LogP contribution in [0, 0.1) is 6.92 Å². The Labute approximate surface area is 135 Å². The smallest absolute Gasteiger partial charge is 0.336 e. The van der Waals surface area contributed by atoms with Crippen LogP contribution < -0.4 is 10.4 Å². The van der Waals surface area contributed by atoms with Crippen LogP contribution in [0.15, 0.2) is 45.6 Å². The van der Waals surface area contributed by atoms with Crippen LogP contribution in [0.2, 0.25) is 0 Å². The molecule has 0 atom stereocenters. The number of unbranched alkanes of at least 4 members (excludes halogenated alkanes) is 3. The molecule has 0 spiro atoms. The maximum absolute atomic E-state index is 11.5. The summed E-state index contributed by atoms with van der Waals surface area (Å²) >= 11 is 0. The Morgan fingerprint density at radius 2 is 1.87 bits per heavy atom. The Kier molecular flexibility index (Phi) is 4.65. The van der Waals surface area contributed by atoms with Crippen molar-refractivity contribution in [3.05, 3.63) is 52.4 Å². The van der Waals surface area contributed by atoms with Gasteiger partial charge in [-0.25, -0.2) is 4.79 Å². The highest BCUT2D eigenvalue weighted by Gasteiger charge is 2.05. The molecule has 0 amide bonds. The second-order valence-electron chi connectivity index (χ2n) is 6.01. The van der Waals surface area contributed by atoms with Crippen molar-refractivity contribution in [2.75, 3.05) is 6.61 Å². The van der Waals surface area contributed by atoms with E-state index in [4.69, 9.17) is 9.15 Å². The van der Waals surface area contributed by atoms with Gasteiger partial charge in [0.1, 0.15) is 11.3 Å². The molecule has 0 N–H and O–H groups in total. The number of hydrogen-bond donors (Lipinski definition) is 0. The standard InChI is InChI=1S/C20H22O3/c1-3-4-5-6-9-22-17-8-7-15-12-18-14(2)10-20(21)23-19(18)13-16(15)11-17/h7-8,10-13H,3-6,9H2,1-2H3. The summed E-state index contributed by atoms with van der Waals surface area (Å²) in [6.45, 7) is 4.88. The van der Waals surface area contributed by atoms with Crippen molar-refractivity contribution in [2.24, 2.45) is 0 Å². The highest BCUT2D eigenvalue weighted by atomic mass is 16.5. The summed E-state index contributed by atoms with van der Waals surface area (Å²) in [6.07, 6.45) is 4.77. The molecule has 0 saturated carbocycles. The van der Waals surface area contributed by atoms with E-state index in [1.54, 1.807) is 0 Å². The fraction of sp³-hybridized carbons (Fsp3) is 0.350. The van der Waals surface area contributed by atoms with Gasteiger partial charge in [-0.3, -0.25) is 0 Å². The van der Waals surface area contributed by atoms with Crippen LogP contribution in [-0.4, -0.2) is 6.61 Å². The maximum Gasteiger partial charge on any atom is 0.336 e. The Morgan fingerprint density at radius 1 is 1.00 bits per heavy atom. The monoisotopic (exact) mass is 310 g/mol. The molecule has 0 aliphatic heterocycles. The number of ether oxygens (including phenoxy) is 1. The lowest BCUT2D eigenvalue weighted by Crippen LogP contribution is -1.98. The summed E-state index contributed by atoms with van der Waals surface area (Å²) < 4.78 is 11.1. The Morgan fingerprint density at radius 3 is 2.70 bits per heavy atom. The first-order chi connectivity index (χ1) is 11.2. The van der Waals surface area contributed by atoms with Crippen molar-refractivity contribution in [1.82, 2.24) is 0 Å². The fourth-order valence-corrected chi connectivity index (χ4v) is 2.85. The van der Waals surface area contributed by atoms with E-state index in [1.165, 1.54) is 25.3 Å². The van der Waals surface area contributed by atoms with E-state index < -0.39 is 0 Å². The van der Waals surface area contributed by atoms with Crippen LogP contribution in [0.4, 0.5) is 0 Å². The van der Waals surface area contributed by atoms with Crippen molar-refractivity contribution in [3.63, 3.8) is 0 Å². The van der Waals surface area contributed by atoms with Crippen LogP contribution in [0.1, 0.15) is 38.2 Å². The number of rotatable bonds is 6. The summed E-state index contributed by atoms with van der Waals surface area (Å²) in [5, 5.41) is 3.12. The molecule has 3 heteroatoms. The van der Waals surface area contributed by atoms with Gasteiger partial charge < -0.3 is 9.15 Å². The molecule has 0 saturated heterocycles. The average Bonchev–Trinajstić information content (AvgIpc) is 2.53. The van der Waals surface area contributed by atoms with Crippen LogP contribution in [0.5, 0.6) is 5.75 Å². The van der Waals surface area contributed by atoms with Gasteiger partial charge in [-0.1, -0.05) is 32.3 Å². The van der Waals surface area contributed by atoms with Crippen molar-refractivity contribution >= 4 is 21.7 Å². The molecule has 0 aliphatic carbocycles. The number of fused-ring (bicyclic) bond motifs is 2. The third-order valence-electron chi connectivity index (χ3n) is 4.15. The average molecular weight is 310 g/mol. The normalized spacial score (nSPS) is 11.2. The van der Waals surface area contributed by atoms with E-state index in [-0.39, 0.29) is 5.63 Å². The topological polar surface area (TPSA) is 39.4 Å². The first-order valence-corrected chi connectivity index (χ1v) is 8.28. The van der Waals surface area contributed by atoms with Gasteiger partial charge in [0.05, 0.1) is 6.61 Å². The van der Waals surface area contributed by atoms with Crippen molar-refractivity contribution in [1.29, 1.82) is 0 Å².